The zero-order chi connectivity index (χ0) is 14.9. The summed E-state index contributed by atoms with van der Waals surface area (Å²) < 4.78 is 35.8. The molecule has 0 radical (unpaired) electrons. The molecule has 5 nitrogen and oxygen atoms in total. The minimum Gasteiger partial charge on any atom is -0.397 e. The fourth-order valence-electron chi connectivity index (χ4n) is 1.60. The van der Waals surface area contributed by atoms with Crippen molar-refractivity contribution in [2.75, 3.05) is 11.1 Å². The summed E-state index contributed by atoms with van der Waals surface area (Å²) in [5, 5.41) is 8.04. The highest BCUT2D eigenvalue weighted by Gasteiger charge is 2.11. The number of halogens is 2. The van der Waals surface area contributed by atoms with E-state index in [4.69, 9.17) is 22.5 Å². The normalized spacial score (nSPS) is 11.3. The predicted octanol–water partition coefficient (Wildman–Crippen LogP) is 2.45. The first kappa shape index (κ1) is 14.6. The molecule has 106 valence electrons. The lowest BCUT2D eigenvalue weighted by Gasteiger charge is -2.11. The summed E-state index contributed by atoms with van der Waals surface area (Å²) in [5.74, 6) is -0.527. The van der Waals surface area contributed by atoms with Gasteiger partial charge in [-0.05, 0) is 36.4 Å². The molecule has 0 fully saturated rings. The minimum atomic E-state index is -3.85. The van der Waals surface area contributed by atoms with Crippen LogP contribution in [0.25, 0.3) is 0 Å². The quantitative estimate of drug-likeness (QED) is 0.758. The molecule has 0 amide bonds. The van der Waals surface area contributed by atoms with Crippen molar-refractivity contribution in [2.24, 2.45) is 5.14 Å². The molecular weight excluding hydrogens is 305 g/mol. The third kappa shape index (κ3) is 3.38. The number of sulfonamides is 1. The Kier molecular flexibility index (Phi) is 3.85. The molecule has 2 aromatic carbocycles. The van der Waals surface area contributed by atoms with E-state index >= 15 is 0 Å². The first-order chi connectivity index (χ1) is 9.25. The zero-order valence-electron chi connectivity index (χ0n) is 10.1. The summed E-state index contributed by atoms with van der Waals surface area (Å²) in [6.07, 6.45) is 0. The number of rotatable bonds is 3. The Morgan fingerprint density at radius 3 is 2.45 bits per heavy atom. The molecule has 20 heavy (non-hydrogen) atoms. The van der Waals surface area contributed by atoms with Gasteiger partial charge in [0.2, 0.25) is 10.0 Å². The van der Waals surface area contributed by atoms with E-state index < -0.39 is 15.8 Å². The summed E-state index contributed by atoms with van der Waals surface area (Å²) in [4.78, 5) is -0.100. The van der Waals surface area contributed by atoms with Gasteiger partial charge >= 0.3 is 0 Å². The van der Waals surface area contributed by atoms with E-state index in [1.165, 1.54) is 30.3 Å². The number of nitrogens with two attached hydrogens (primary N) is 2. The molecule has 0 saturated heterocycles. The van der Waals surface area contributed by atoms with Gasteiger partial charge in [-0.2, -0.15) is 0 Å². The summed E-state index contributed by atoms with van der Waals surface area (Å²) in [6.45, 7) is 0. The molecule has 8 heteroatoms. The lowest BCUT2D eigenvalue weighted by Crippen LogP contribution is -2.12. The van der Waals surface area contributed by atoms with Gasteiger partial charge in [-0.15, -0.1) is 0 Å². The summed E-state index contributed by atoms with van der Waals surface area (Å²) in [7, 11) is -3.85. The van der Waals surface area contributed by atoms with E-state index in [-0.39, 0.29) is 21.3 Å². The maximum Gasteiger partial charge on any atom is 0.238 e. The summed E-state index contributed by atoms with van der Waals surface area (Å²) in [6, 6.07) is 7.78. The second-order valence-corrected chi connectivity index (χ2v) is 6.08. The molecule has 2 rings (SSSR count). The molecule has 5 N–H and O–H groups in total. The number of primary sulfonamides is 1. The number of hydrogen-bond acceptors (Lipinski definition) is 4. The Bertz CT molecular complexity index is 745. The lowest BCUT2D eigenvalue weighted by molar-refractivity contribution is 0.598. The van der Waals surface area contributed by atoms with Crippen molar-refractivity contribution in [3.05, 3.63) is 47.2 Å². The summed E-state index contributed by atoms with van der Waals surface area (Å²) in [5.41, 5.74) is 6.65. The average molecular weight is 316 g/mol. The van der Waals surface area contributed by atoms with Gasteiger partial charge < -0.3 is 11.1 Å². The Morgan fingerprint density at radius 1 is 1.15 bits per heavy atom. The molecule has 0 aliphatic heterocycles. The minimum absolute atomic E-state index is 0.100. The summed E-state index contributed by atoms with van der Waals surface area (Å²) >= 11 is 5.73. The second kappa shape index (κ2) is 5.28. The highest BCUT2D eigenvalue weighted by molar-refractivity contribution is 7.89. The van der Waals surface area contributed by atoms with Crippen molar-refractivity contribution in [2.45, 2.75) is 4.90 Å². The molecule has 0 bridgehead atoms. The van der Waals surface area contributed by atoms with E-state index in [1.807, 2.05) is 0 Å². The van der Waals surface area contributed by atoms with E-state index in [2.05, 4.69) is 5.32 Å². The van der Waals surface area contributed by atoms with E-state index in [0.717, 1.165) is 6.07 Å². The van der Waals surface area contributed by atoms with Crippen molar-refractivity contribution in [1.82, 2.24) is 0 Å². The number of anilines is 3. The molecule has 0 spiro atoms. The Labute approximate surface area is 120 Å². The first-order valence-corrected chi connectivity index (χ1v) is 7.33. The van der Waals surface area contributed by atoms with E-state index in [9.17, 15) is 12.8 Å². The molecule has 2 aromatic rings. The molecule has 0 aromatic heterocycles. The average Bonchev–Trinajstić information content (AvgIpc) is 2.29. The maximum absolute atomic E-state index is 13.2. The molecule has 0 aliphatic rings. The predicted molar refractivity (Wildman–Crippen MR) is 76.9 cm³/mol. The van der Waals surface area contributed by atoms with Crippen LogP contribution in [0.1, 0.15) is 0 Å². The van der Waals surface area contributed by atoms with Gasteiger partial charge in [-0.3, -0.25) is 0 Å². The van der Waals surface area contributed by atoms with Gasteiger partial charge in [-0.25, -0.2) is 17.9 Å². The van der Waals surface area contributed by atoms with E-state index in [0.29, 0.717) is 5.69 Å². The van der Waals surface area contributed by atoms with Crippen LogP contribution in [0.4, 0.5) is 21.5 Å². The van der Waals surface area contributed by atoms with Gasteiger partial charge in [0.1, 0.15) is 5.82 Å². The number of benzene rings is 2. The van der Waals surface area contributed by atoms with E-state index in [1.54, 1.807) is 0 Å². The Hall–Kier alpha value is -1.83. The highest BCUT2D eigenvalue weighted by Crippen LogP contribution is 2.27. The monoisotopic (exact) mass is 315 g/mol. The highest BCUT2D eigenvalue weighted by atomic mass is 35.5. The number of nitrogens with one attached hydrogen (secondary N) is 1. The van der Waals surface area contributed by atoms with Gasteiger partial charge in [0.15, 0.2) is 0 Å². The van der Waals surface area contributed by atoms with Crippen LogP contribution in [0, 0.1) is 5.82 Å². The van der Waals surface area contributed by atoms with Crippen LogP contribution in [-0.4, -0.2) is 8.42 Å². The third-order valence-corrected chi connectivity index (χ3v) is 3.62. The van der Waals surface area contributed by atoms with Crippen molar-refractivity contribution in [3.8, 4) is 0 Å². The Balaban J connectivity index is 2.42. The SMILES string of the molecule is Nc1ccc(S(N)(=O)=O)cc1Nc1cc(F)cc(Cl)c1. The van der Waals surface area contributed by atoms with Gasteiger partial charge in [0, 0.05) is 10.7 Å². The largest absolute Gasteiger partial charge is 0.397 e. The van der Waals surface area contributed by atoms with Crippen molar-refractivity contribution >= 4 is 38.7 Å². The fraction of sp³-hybridized carbons (Fsp3) is 0. The molecule has 0 atom stereocenters. The molecule has 0 aliphatic carbocycles. The zero-order valence-corrected chi connectivity index (χ0v) is 11.7. The maximum atomic E-state index is 13.2. The van der Waals surface area contributed by atoms with Gasteiger partial charge in [0.25, 0.3) is 0 Å². The van der Waals surface area contributed by atoms with Gasteiger partial charge in [0.05, 0.1) is 16.3 Å². The fourth-order valence-corrected chi connectivity index (χ4v) is 2.36. The number of hydrogen-bond donors (Lipinski definition) is 3. The smallest absolute Gasteiger partial charge is 0.238 e. The van der Waals surface area contributed by atoms with Crippen LogP contribution in [0.3, 0.4) is 0 Å². The standard InChI is InChI=1S/C12H11ClFN3O2S/c13-7-3-8(14)5-9(4-7)17-12-6-10(20(16,18)19)1-2-11(12)15/h1-6,17H,15H2,(H2,16,18,19). The first-order valence-electron chi connectivity index (χ1n) is 5.41. The van der Waals surface area contributed by atoms with Crippen LogP contribution in [0.5, 0.6) is 0 Å². The van der Waals surface area contributed by atoms with Crippen molar-refractivity contribution in [1.29, 1.82) is 0 Å². The van der Waals surface area contributed by atoms with Crippen LogP contribution < -0.4 is 16.2 Å². The molecular formula is C12H11ClFN3O2S. The second-order valence-electron chi connectivity index (χ2n) is 4.08. The lowest BCUT2D eigenvalue weighted by atomic mass is 10.2. The van der Waals surface area contributed by atoms with Gasteiger partial charge in [-0.1, -0.05) is 11.6 Å². The molecule has 0 saturated carbocycles. The van der Waals surface area contributed by atoms with Crippen LogP contribution in [0.2, 0.25) is 5.02 Å². The van der Waals surface area contributed by atoms with Crippen LogP contribution >= 0.6 is 11.6 Å². The van der Waals surface area contributed by atoms with Crippen LogP contribution in [0.15, 0.2) is 41.3 Å². The van der Waals surface area contributed by atoms with Crippen LogP contribution in [-0.2, 0) is 10.0 Å². The molecule has 0 unspecified atom stereocenters. The number of nitrogen functional groups attached to an aromatic ring is 1. The van der Waals surface area contributed by atoms with Crippen molar-refractivity contribution in [3.63, 3.8) is 0 Å². The topological polar surface area (TPSA) is 98.2 Å². The Morgan fingerprint density at radius 2 is 1.85 bits per heavy atom. The molecule has 0 heterocycles. The van der Waals surface area contributed by atoms with Crippen molar-refractivity contribution < 1.29 is 12.8 Å². The third-order valence-electron chi connectivity index (χ3n) is 2.49.